The first-order valence-electron chi connectivity index (χ1n) is 6.46. The smallest absolute Gasteiger partial charge is 0.303 e. The van der Waals surface area contributed by atoms with Crippen molar-refractivity contribution in [2.75, 3.05) is 14.2 Å². The van der Waals surface area contributed by atoms with Gasteiger partial charge in [0.25, 0.3) is 0 Å². The number of carboxylic acids is 1. The molecule has 0 amide bonds. The third-order valence-corrected chi connectivity index (χ3v) is 3.10. The zero-order valence-corrected chi connectivity index (χ0v) is 11.8. The Kier molecular flexibility index (Phi) is 4.47. The summed E-state index contributed by atoms with van der Waals surface area (Å²) >= 11 is 0. The summed E-state index contributed by atoms with van der Waals surface area (Å²) in [5.41, 5.74) is 0.122. The molecular formula is C15H16O6. The van der Waals surface area contributed by atoms with Crippen molar-refractivity contribution >= 4 is 16.9 Å². The number of carbonyl (C=O) groups is 1. The van der Waals surface area contributed by atoms with Crippen LogP contribution in [0.15, 0.2) is 27.4 Å². The van der Waals surface area contributed by atoms with Gasteiger partial charge in [0.2, 0.25) is 5.75 Å². The van der Waals surface area contributed by atoms with Crippen molar-refractivity contribution in [2.45, 2.75) is 19.3 Å². The lowest BCUT2D eigenvalue weighted by Crippen LogP contribution is -2.05. The van der Waals surface area contributed by atoms with E-state index in [0.717, 1.165) is 0 Å². The molecule has 0 saturated carbocycles. The van der Waals surface area contributed by atoms with Crippen LogP contribution in [0.1, 0.15) is 18.6 Å². The van der Waals surface area contributed by atoms with Gasteiger partial charge in [-0.05, 0) is 18.6 Å². The van der Waals surface area contributed by atoms with Gasteiger partial charge in [0.05, 0.1) is 19.6 Å². The fourth-order valence-electron chi connectivity index (χ4n) is 2.12. The van der Waals surface area contributed by atoms with Gasteiger partial charge in [-0.3, -0.25) is 9.59 Å². The van der Waals surface area contributed by atoms with Gasteiger partial charge in [-0.15, -0.1) is 0 Å². The summed E-state index contributed by atoms with van der Waals surface area (Å²) in [4.78, 5) is 22.6. The molecule has 6 nitrogen and oxygen atoms in total. The third-order valence-electron chi connectivity index (χ3n) is 3.10. The van der Waals surface area contributed by atoms with Crippen LogP contribution >= 0.6 is 0 Å². The van der Waals surface area contributed by atoms with Crippen molar-refractivity contribution in [1.29, 1.82) is 0 Å². The Bertz CT molecular complexity index is 716. The Morgan fingerprint density at radius 1 is 1.29 bits per heavy atom. The van der Waals surface area contributed by atoms with Gasteiger partial charge in [0, 0.05) is 18.9 Å². The number of carboxylic acid groups (broad SMARTS) is 1. The first kappa shape index (κ1) is 14.9. The predicted molar refractivity (Wildman–Crippen MR) is 76.2 cm³/mol. The summed E-state index contributed by atoms with van der Waals surface area (Å²) in [6, 6.07) is 4.64. The molecule has 6 heteroatoms. The first-order chi connectivity index (χ1) is 10.1. The van der Waals surface area contributed by atoms with E-state index in [1.54, 1.807) is 12.1 Å². The molecule has 0 aliphatic rings. The van der Waals surface area contributed by atoms with E-state index in [2.05, 4.69) is 0 Å². The second-order valence-corrected chi connectivity index (χ2v) is 4.50. The minimum absolute atomic E-state index is 0.0248. The Hall–Kier alpha value is -2.50. The summed E-state index contributed by atoms with van der Waals surface area (Å²) in [6.07, 6.45) is 0.797. The molecule has 21 heavy (non-hydrogen) atoms. The average Bonchev–Trinajstić information content (AvgIpc) is 2.45. The largest absolute Gasteiger partial charge is 0.493 e. The van der Waals surface area contributed by atoms with Crippen LogP contribution in [0.5, 0.6) is 11.5 Å². The molecule has 0 spiro atoms. The number of aryl methyl sites for hydroxylation is 1. The summed E-state index contributed by atoms with van der Waals surface area (Å²) in [5, 5.41) is 9.04. The minimum Gasteiger partial charge on any atom is -0.493 e. The fraction of sp³-hybridized carbons (Fsp3) is 0.333. The molecule has 0 saturated heterocycles. The van der Waals surface area contributed by atoms with Gasteiger partial charge in [0.15, 0.2) is 16.8 Å². The van der Waals surface area contributed by atoms with Crippen LogP contribution in [0.25, 0.3) is 11.0 Å². The maximum Gasteiger partial charge on any atom is 0.303 e. The molecule has 112 valence electrons. The maximum atomic E-state index is 12.1. The Morgan fingerprint density at radius 2 is 2.05 bits per heavy atom. The van der Waals surface area contributed by atoms with Gasteiger partial charge in [-0.25, -0.2) is 0 Å². The monoisotopic (exact) mass is 292 g/mol. The van der Waals surface area contributed by atoms with Crippen LogP contribution in [0.4, 0.5) is 0 Å². The van der Waals surface area contributed by atoms with Gasteiger partial charge in [-0.1, -0.05) is 0 Å². The number of hydrogen-bond acceptors (Lipinski definition) is 5. The van der Waals surface area contributed by atoms with E-state index in [0.29, 0.717) is 41.1 Å². The van der Waals surface area contributed by atoms with Gasteiger partial charge < -0.3 is 19.0 Å². The summed E-state index contributed by atoms with van der Waals surface area (Å²) < 4.78 is 16.1. The zero-order valence-electron chi connectivity index (χ0n) is 11.8. The van der Waals surface area contributed by atoms with E-state index in [1.165, 1.54) is 20.3 Å². The molecule has 0 unspecified atom stereocenters. The Labute approximate surface area is 120 Å². The van der Waals surface area contributed by atoms with Crippen LogP contribution in [0.3, 0.4) is 0 Å². The van der Waals surface area contributed by atoms with Crippen LogP contribution < -0.4 is 14.9 Å². The van der Waals surface area contributed by atoms with Crippen molar-refractivity contribution in [1.82, 2.24) is 0 Å². The third kappa shape index (κ3) is 3.16. The van der Waals surface area contributed by atoms with Crippen molar-refractivity contribution in [3.05, 3.63) is 34.2 Å². The van der Waals surface area contributed by atoms with E-state index in [9.17, 15) is 9.59 Å². The second kappa shape index (κ2) is 6.30. The summed E-state index contributed by atoms with van der Waals surface area (Å²) in [5.74, 6) is 0.376. The fourth-order valence-corrected chi connectivity index (χ4v) is 2.12. The molecule has 0 atom stereocenters. The van der Waals surface area contributed by atoms with Gasteiger partial charge >= 0.3 is 5.97 Å². The van der Waals surface area contributed by atoms with Crippen molar-refractivity contribution in [3.63, 3.8) is 0 Å². The number of fused-ring (bicyclic) bond motifs is 1. The highest BCUT2D eigenvalue weighted by atomic mass is 16.5. The molecule has 1 N–H and O–H groups in total. The van der Waals surface area contributed by atoms with Gasteiger partial charge in [-0.2, -0.15) is 0 Å². The molecule has 1 heterocycles. The molecule has 0 aliphatic heterocycles. The van der Waals surface area contributed by atoms with Crippen molar-refractivity contribution < 1.29 is 23.8 Å². The minimum atomic E-state index is -0.877. The van der Waals surface area contributed by atoms with Crippen LogP contribution in [0, 0.1) is 0 Å². The number of hydrogen-bond donors (Lipinski definition) is 1. The van der Waals surface area contributed by atoms with Crippen molar-refractivity contribution in [3.8, 4) is 11.5 Å². The molecule has 0 fully saturated rings. The molecule has 0 aliphatic carbocycles. The van der Waals surface area contributed by atoms with Crippen LogP contribution in [-0.4, -0.2) is 25.3 Å². The lowest BCUT2D eigenvalue weighted by Gasteiger charge is -2.10. The molecule has 2 aromatic rings. The number of rotatable bonds is 6. The first-order valence-corrected chi connectivity index (χ1v) is 6.46. The van der Waals surface area contributed by atoms with Crippen molar-refractivity contribution in [2.24, 2.45) is 0 Å². The topological polar surface area (TPSA) is 86.0 Å². The lowest BCUT2D eigenvalue weighted by atomic mass is 10.1. The van der Waals surface area contributed by atoms with E-state index in [1.807, 2.05) is 0 Å². The quantitative estimate of drug-likeness (QED) is 0.878. The molecular weight excluding hydrogens is 276 g/mol. The second-order valence-electron chi connectivity index (χ2n) is 4.50. The number of ether oxygens (including phenoxy) is 2. The summed E-state index contributed by atoms with van der Waals surface area (Å²) in [6.45, 7) is 0. The molecule has 1 aromatic heterocycles. The summed E-state index contributed by atoms with van der Waals surface area (Å²) in [7, 11) is 2.97. The zero-order chi connectivity index (χ0) is 15.4. The standard InChI is InChI=1S/C15H16O6/c1-19-12-7-6-10-11(16)8-9(4-3-5-13(17)18)21-14(10)15(12)20-2/h6-8H,3-5H2,1-2H3,(H,17,18). The van der Waals surface area contributed by atoms with Crippen LogP contribution in [-0.2, 0) is 11.2 Å². The Balaban J connectivity index is 2.46. The SMILES string of the molecule is COc1ccc2c(=O)cc(CCCC(=O)O)oc2c1OC. The number of aliphatic carboxylic acids is 1. The van der Waals surface area contributed by atoms with E-state index in [4.69, 9.17) is 19.0 Å². The number of methoxy groups -OCH3 is 2. The highest BCUT2D eigenvalue weighted by Gasteiger charge is 2.14. The lowest BCUT2D eigenvalue weighted by molar-refractivity contribution is -0.137. The normalized spacial score (nSPS) is 10.6. The predicted octanol–water partition coefficient (Wildman–Crippen LogP) is 2.22. The number of benzene rings is 1. The van der Waals surface area contributed by atoms with E-state index >= 15 is 0 Å². The highest BCUT2D eigenvalue weighted by Crippen LogP contribution is 2.34. The Morgan fingerprint density at radius 3 is 2.67 bits per heavy atom. The van der Waals surface area contributed by atoms with Gasteiger partial charge in [0.1, 0.15) is 5.76 Å². The average molecular weight is 292 g/mol. The van der Waals surface area contributed by atoms with Crippen LogP contribution in [0.2, 0.25) is 0 Å². The maximum absolute atomic E-state index is 12.1. The highest BCUT2D eigenvalue weighted by molar-refractivity contribution is 5.85. The van der Waals surface area contributed by atoms with E-state index < -0.39 is 5.97 Å². The molecule has 0 radical (unpaired) electrons. The molecule has 1 aromatic carbocycles. The molecule has 2 rings (SSSR count). The van der Waals surface area contributed by atoms with E-state index in [-0.39, 0.29) is 11.8 Å². The molecule has 0 bridgehead atoms.